The Morgan fingerprint density at radius 3 is 3.00 bits per heavy atom. The van der Waals surface area contributed by atoms with Gasteiger partial charge in [0.25, 0.3) is 0 Å². The Morgan fingerprint density at radius 2 is 2.41 bits per heavy atom. The minimum atomic E-state index is -0.382. The predicted octanol–water partition coefficient (Wildman–Crippen LogP) is 1.88. The Bertz CT molecular complexity index is 327. The zero-order valence-corrected chi connectivity index (χ0v) is 11.9. The monoisotopic (exact) mass is 272 g/mol. The van der Waals surface area contributed by atoms with Gasteiger partial charge in [-0.3, -0.25) is 4.79 Å². The molecular weight excluding hydrogens is 252 g/mol. The number of carbonyl (C=O) groups is 1. The fourth-order valence-corrected chi connectivity index (χ4v) is 2.71. The second-order valence-corrected chi connectivity index (χ2v) is 5.90. The number of amides is 1. The summed E-state index contributed by atoms with van der Waals surface area (Å²) >= 11 is 3.39. The van der Waals surface area contributed by atoms with Crippen LogP contribution < -0.4 is 11.1 Å². The topological polar surface area (TPSA) is 55.1 Å². The molecule has 0 spiro atoms. The van der Waals surface area contributed by atoms with Crippen LogP contribution in [0, 0.1) is 0 Å². The summed E-state index contributed by atoms with van der Waals surface area (Å²) in [6.07, 6.45) is 3.62. The molecule has 0 bridgehead atoms. The van der Waals surface area contributed by atoms with E-state index < -0.39 is 0 Å². The molecule has 1 aromatic heterocycles. The third-order valence-electron chi connectivity index (χ3n) is 2.48. The minimum Gasteiger partial charge on any atom is -0.352 e. The van der Waals surface area contributed by atoms with Gasteiger partial charge in [0.2, 0.25) is 5.91 Å². The summed E-state index contributed by atoms with van der Waals surface area (Å²) < 4.78 is 0. The maximum absolute atomic E-state index is 11.7. The molecule has 17 heavy (non-hydrogen) atoms. The summed E-state index contributed by atoms with van der Waals surface area (Å²) in [5.74, 6) is 0.884. The van der Waals surface area contributed by atoms with Crippen LogP contribution in [0.4, 0.5) is 0 Å². The van der Waals surface area contributed by atoms with Gasteiger partial charge in [0.15, 0.2) is 0 Å². The van der Waals surface area contributed by atoms with Crippen molar-refractivity contribution in [2.75, 3.05) is 12.0 Å². The quantitative estimate of drug-likeness (QED) is 0.797. The van der Waals surface area contributed by atoms with Gasteiger partial charge < -0.3 is 11.1 Å². The maximum Gasteiger partial charge on any atom is 0.237 e. The maximum atomic E-state index is 11.7. The molecular formula is C12H20N2OS2. The Balaban J connectivity index is 2.30. The van der Waals surface area contributed by atoms with Gasteiger partial charge in [-0.15, -0.1) is 0 Å². The van der Waals surface area contributed by atoms with E-state index in [0.717, 1.165) is 18.6 Å². The lowest BCUT2D eigenvalue weighted by molar-refractivity contribution is -0.122. The van der Waals surface area contributed by atoms with E-state index in [4.69, 9.17) is 5.73 Å². The van der Waals surface area contributed by atoms with E-state index in [9.17, 15) is 4.79 Å². The van der Waals surface area contributed by atoms with Gasteiger partial charge in [-0.05, 0) is 54.2 Å². The molecule has 1 aromatic rings. The smallest absolute Gasteiger partial charge is 0.237 e. The number of nitrogens with two attached hydrogens (primary N) is 1. The molecule has 0 radical (unpaired) electrons. The van der Waals surface area contributed by atoms with E-state index in [-0.39, 0.29) is 18.0 Å². The number of hydrogen-bond acceptors (Lipinski definition) is 4. The van der Waals surface area contributed by atoms with E-state index >= 15 is 0 Å². The molecule has 2 atom stereocenters. The number of hydrogen-bond donors (Lipinski definition) is 2. The van der Waals surface area contributed by atoms with Crippen LogP contribution in [0.3, 0.4) is 0 Å². The third-order valence-corrected chi connectivity index (χ3v) is 3.86. The van der Waals surface area contributed by atoms with Crippen molar-refractivity contribution in [1.29, 1.82) is 0 Å². The van der Waals surface area contributed by atoms with Crippen LogP contribution in [0.25, 0.3) is 0 Å². The van der Waals surface area contributed by atoms with E-state index in [1.165, 1.54) is 5.56 Å². The lowest BCUT2D eigenvalue weighted by Gasteiger charge is -2.16. The molecule has 0 fully saturated rings. The zero-order valence-electron chi connectivity index (χ0n) is 10.3. The first kappa shape index (κ1) is 14.5. The minimum absolute atomic E-state index is 0.0400. The van der Waals surface area contributed by atoms with Crippen LogP contribution in [-0.2, 0) is 11.2 Å². The molecule has 3 nitrogen and oxygen atoms in total. The van der Waals surface area contributed by atoms with Crippen molar-refractivity contribution in [2.24, 2.45) is 5.73 Å². The van der Waals surface area contributed by atoms with Gasteiger partial charge in [-0.25, -0.2) is 0 Å². The van der Waals surface area contributed by atoms with Crippen molar-refractivity contribution in [3.05, 3.63) is 22.4 Å². The molecule has 0 aliphatic rings. The van der Waals surface area contributed by atoms with E-state index in [0.29, 0.717) is 0 Å². The van der Waals surface area contributed by atoms with Crippen molar-refractivity contribution in [2.45, 2.75) is 31.8 Å². The summed E-state index contributed by atoms with van der Waals surface area (Å²) in [6.45, 7) is 2.01. The van der Waals surface area contributed by atoms with Crippen LogP contribution in [0.1, 0.15) is 18.9 Å². The van der Waals surface area contributed by atoms with Crippen LogP contribution >= 0.6 is 23.1 Å². The summed E-state index contributed by atoms with van der Waals surface area (Å²) in [7, 11) is 0. The fraction of sp³-hybridized carbons (Fsp3) is 0.583. The molecule has 5 heteroatoms. The Hall–Kier alpha value is -0.520. The lowest BCUT2D eigenvalue weighted by atomic mass is 10.1. The third kappa shape index (κ3) is 5.57. The number of rotatable bonds is 7. The van der Waals surface area contributed by atoms with Gasteiger partial charge in [0.05, 0.1) is 6.04 Å². The summed E-state index contributed by atoms with van der Waals surface area (Å²) in [6, 6.07) is 1.84. The van der Waals surface area contributed by atoms with Gasteiger partial charge in [-0.2, -0.15) is 23.1 Å². The second-order valence-electron chi connectivity index (χ2n) is 4.13. The van der Waals surface area contributed by atoms with Crippen molar-refractivity contribution in [3.8, 4) is 0 Å². The highest BCUT2D eigenvalue weighted by atomic mass is 32.2. The van der Waals surface area contributed by atoms with E-state index in [1.54, 1.807) is 23.1 Å². The van der Waals surface area contributed by atoms with Gasteiger partial charge in [0.1, 0.15) is 0 Å². The summed E-state index contributed by atoms with van der Waals surface area (Å²) in [5, 5.41) is 7.12. The highest BCUT2D eigenvalue weighted by Crippen LogP contribution is 2.08. The van der Waals surface area contributed by atoms with Gasteiger partial charge in [-0.1, -0.05) is 0 Å². The van der Waals surface area contributed by atoms with E-state index in [1.807, 2.05) is 18.6 Å². The molecule has 0 saturated carbocycles. The van der Waals surface area contributed by atoms with Gasteiger partial charge in [0, 0.05) is 6.04 Å². The normalized spacial score (nSPS) is 14.3. The van der Waals surface area contributed by atoms with Crippen molar-refractivity contribution in [3.63, 3.8) is 0 Å². The molecule has 0 saturated heterocycles. The molecule has 1 amide bonds. The molecule has 0 aliphatic carbocycles. The number of thioether (sulfide) groups is 1. The molecule has 1 rings (SSSR count). The molecule has 1 heterocycles. The molecule has 96 valence electrons. The largest absolute Gasteiger partial charge is 0.352 e. The molecule has 1 unspecified atom stereocenters. The summed E-state index contributed by atoms with van der Waals surface area (Å²) in [5.41, 5.74) is 7.07. The SMILES string of the molecule is CSCC[C@@H](N)C(=O)NC(C)Cc1ccsc1. The Morgan fingerprint density at radius 1 is 1.65 bits per heavy atom. The standard InChI is InChI=1S/C12H20N2OS2/c1-9(7-10-3-6-17-8-10)14-12(15)11(13)4-5-16-2/h3,6,8-9,11H,4-5,7,13H2,1-2H3,(H,14,15)/t9?,11-/m1/s1. The molecule has 0 aliphatic heterocycles. The van der Waals surface area contributed by atoms with Crippen molar-refractivity contribution >= 4 is 29.0 Å². The lowest BCUT2D eigenvalue weighted by Crippen LogP contribution is -2.45. The number of carbonyl (C=O) groups excluding carboxylic acids is 1. The first-order valence-electron chi connectivity index (χ1n) is 5.69. The highest BCUT2D eigenvalue weighted by molar-refractivity contribution is 7.98. The van der Waals surface area contributed by atoms with E-state index in [2.05, 4.69) is 16.8 Å². The van der Waals surface area contributed by atoms with Crippen molar-refractivity contribution in [1.82, 2.24) is 5.32 Å². The van der Waals surface area contributed by atoms with Crippen molar-refractivity contribution < 1.29 is 4.79 Å². The summed E-state index contributed by atoms with van der Waals surface area (Å²) in [4.78, 5) is 11.7. The average Bonchev–Trinajstić information content (AvgIpc) is 2.78. The Kier molecular flexibility index (Phi) is 6.62. The van der Waals surface area contributed by atoms with Crippen LogP contribution in [-0.4, -0.2) is 30.0 Å². The average molecular weight is 272 g/mol. The highest BCUT2D eigenvalue weighted by Gasteiger charge is 2.15. The first-order valence-corrected chi connectivity index (χ1v) is 8.03. The molecule has 0 aromatic carbocycles. The number of nitrogens with one attached hydrogen (secondary N) is 1. The van der Waals surface area contributed by atoms with Crippen LogP contribution in [0.5, 0.6) is 0 Å². The fourth-order valence-electron chi connectivity index (χ4n) is 1.54. The molecule has 3 N–H and O–H groups in total. The predicted molar refractivity (Wildman–Crippen MR) is 76.6 cm³/mol. The van der Waals surface area contributed by atoms with Crippen LogP contribution in [0.15, 0.2) is 16.8 Å². The zero-order chi connectivity index (χ0) is 12.7. The Labute approximate surface area is 111 Å². The number of thiophene rings is 1. The second kappa shape index (κ2) is 7.74. The van der Waals surface area contributed by atoms with Gasteiger partial charge >= 0.3 is 0 Å². The first-order chi connectivity index (χ1) is 8.13. The van der Waals surface area contributed by atoms with Crippen LogP contribution in [0.2, 0.25) is 0 Å².